The van der Waals surface area contributed by atoms with E-state index in [0.29, 0.717) is 27.9 Å². The van der Waals surface area contributed by atoms with Gasteiger partial charge in [0.25, 0.3) is 0 Å². The predicted octanol–water partition coefficient (Wildman–Crippen LogP) is 8.66. The van der Waals surface area contributed by atoms with Gasteiger partial charge in [0.2, 0.25) is 0 Å². The van der Waals surface area contributed by atoms with Crippen LogP contribution in [0.1, 0.15) is 34.2 Å². The Morgan fingerprint density at radius 1 is 0.905 bits per heavy atom. The van der Waals surface area contributed by atoms with E-state index in [9.17, 15) is 9.00 Å². The molecule has 1 unspecified atom stereocenters. The highest BCUT2D eigenvalue weighted by molar-refractivity contribution is 7.85. The molecule has 0 fully saturated rings. The lowest BCUT2D eigenvalue weighted by molar-refractivity contribution is 0.0600. The summed E-state index contributed by atoms with van der Waals surface area (Å²) >= 11 is 12.6. The summed E-state index contributed by atoms with van der Waals surface area (Å²) in [6.45, 7) is 2.46. The Kier molecular flexibility index (Phi) is 9.38. The predicted molar refractivity (Wildman–Crippen MR) is 172 cm³/mol. The number of imidazole rings is 1. The highest BCUT2D eigenvalue weighted by Crippen LogP contribution is 2.30. The van der Waals surface area contributed by atoms with Crippen molar-refractivity contribution in [2.24, 2.45) is 0 Å². The number of carbonyl (C=O) groups excluding carboxylic acids is 1. The van der Waals surface area contributed by atoms with E-state index in [1.807, 2.05) is 72.3 Å². The third kappa shape index (κ3) is 6.90. The number of methoxy groups -OCH3 is 1. The van der Waals surface area contributed by atoms with Crippen LogP contribution in [-0.2, 0) is 22.1 Å². The third-order valence-electron chi connectivity index (χ3n) is 6.79. The van der Waals surface area contributed by atoms with Crippen LogP contribution in [0, 0.1) is 0 Å². The van der Waals surface area contributed by atoms with Crippen molar-refractivity contribution < 1.29 is 13.7 Å². The lowest BCUT2D eigenvalue weighted by Crippen LogP contribution is -2.03. The molecule has 8 heteroatoms. The number of hydrogen-bond donors (Lipinski definition) is 0. The first-order valence-electron chi connectivity index (χ1n) is 13.3. The molecule has 42 heavy (non-hydrogen) atoms. The minimum atomic E-state index is -0.960. The normalized spacial score (nSPS) is 12.0. The average Bonchev–Trinajstić information content (AvgIpc) is 3.41. The second-order valence-corrected chi connectivity index (χ2v) is 12.1. The van der Waals surface area contributed by atoms with Gasteiger partial charge in [-0.1, -0.05) is 84.7 Å². The average molecular weight is 616 g/mol. The molecule has 0 aliphatic carbocycles. The lowest BCUT2D eigenvalue weighted by atomic mass is 10.0. The summed E-state index contributed by atoms with van der Waals surface area (Å²) < 4.78 is 18.9. The van der Waals surface area contributed by atoms with Crippen LogP contribution in [0.4, 0.5) is 0 Å². The third-order valence-corrected chi connectivity index (χ3v) is 8.66. The van der Waals surface area contributed by atoms with Crippen LogP contribution in [0.5, 0.6) is 0 Å². The smallest absolute Gasteiger partial charge is 0.337 e. The number of ether oxygens (including phenoxy) is 1. The van der Waals surface area contributed by atoms with Crippen molar-refractivity contribution in [2.45, 2.75) is 18.4 Å². The maximum absolute atomic E-state index is 12.1. The second-order valence-electron chi connectivity index (χ2n) is 9.54. The number of esters is 1. The monoisotopic (exact) mass is 614 g/mol. The number of hydrogen-bond acceptors (Lipinski definition) is 4. The Morgan fingerprint density at radius 3 is 2.19 bits per heavy atom. The molecule has 5 aromatic rings. The zero-order valence-electron chi connectivity index (χ0n) is 23.1. The molecule has 1 heterocycles. The van der Waals surface area contributed by atoms with Crippen molar-refractivity contribution in [3.63, 3.8) is 0 Å². The van der Waals surface area contributed by atoms with Crippen LogP contribution in [0.3, 0.4) is 0 Å². The maximum atomic E-state index is 12.1. The fourth-order valence-corrected chi connectivity index (χ4v) is 5.78. The summed E-state index contributed by atoms with van der Waals surface area (Å²) in [4.78, 5) is 17.6. The van der Waals surface area contributed by atoms with E-state index < -0.39 is 10.8 Å². The van der Waals surface area contributed by atoms with E-state index in [0.717, 1.165) is 44.2 Å². The minimum absolute atomic E-state index is 0.372. The number of aromatic nitrogens is 2. The van der Waals surface area contributed by atoms with Crippen molar-refractivity contribution in [3.8, 4) is 22.4 Å². The van der Waals surface area contributed by atoms with E-state index in [1.54, 1.807) is 24.3 Å². The zero-order valence-corrected chi connectivity index (χ0v) is 25.4. The molecule has 5 nitrogen and oxygen atoms in total. The van der Waals surface area contributed by atoms with E-state index >= 15 is 0 Å². The fraction of sp³-hybridized carbons (Fsp3) is 0.118. The van der Waals surface area contributed by atoms with Crippen LogP contribution in [0.2, 0.25) is 10.0 Å². The van der Waals surface area contributed by atoms with Crippen LogP contribution in [-0.4, -0.2) is 32.6 Å². The first-order chi connectivity index (χ1) is 20.3. The SMILES string of the molecule is CCS(=O)c1ccc(-c2ccc(/C=C/c3nc(-c4ccc(Cl)cc4Cl)cn3Cc3ccc(C(=O)OC)cc3)cc2)cc1. The first kappa shape index (κ1) is 29.5. The van der Waals surface area contributed by atoms with Crippen molar-refractivity contribution in [1.82, 2.24) is 9.55 Å². The topological polar surface area (TPSA) is 61.2 Å². The highest BCUT2D eigenvalue weighted by atomic mass is 35.5. The molecule has 1 aromatic heterocycles. The molecule has 0 saturated heterocycles. The Labute approximate surface area is 257 Å². The summed E-state index contributed by atoms with van der Waals surface area (Å²) in [5, 5.41) is 1.08. The molecular weight excluding hydrogens is 587 g/mol. The molecule has 4 aromatic carbocycles. The van der Waals surface area contributed by atoms with Gasteiger partial charge >= 0.3 is 5.97 Å². The summed E-state index contributed by atoms with van der Waals surface area (Å²) in [6.07, 6.45) is 5.95. The largest absolute Gasteiger partial charge is 0.465 e. The van der Waals surface area contributed by atoms with Gasteiger partial charge in [0.05, 0.1) is 34.2 Å². The van der Waals surface area contributed by atoms with Crippen LogP contribution in [0.25, 0.3) is 34.5 Å². The maximum Gasteiger partial charge on any atom is 0.337 e. The van der Waals surface area contributed by atoms with Crippen molar-refractivity contribution >= 4 is 52.1 Å². The van der Waals surface area contributed by atoms with Crippen molar-refractivity contribution in [3.05, 3.63) is 130 Å². The van der Waals surface area contributed by atoms with Gasteiger partial charge in [0, 0.05) is 34.0 Å². The molecule has 1 atom stereocenters. The standard InChI is InChI=1S/C34H28Cl2N2O3S/c1-3-42(40)29-16-13-26(14-17-29)25-9-4-23(5-10-25)8-19-33-37-32(30-18-15-28(35)20-31(30)36)22-38(33)21-24-6-11-27(12-7-24)34(39)41-2/h4-20,22H,3,21H2,1-2H3/b19-8+. The van der Waals surface area contributed by atoms with Gasteiger partial charge in [-0.25, -0.2) is 9.78 Å². The summed E-state index contributed by atoms with van der Waals surface area (Å²) in [7, 11) is 0.407. The van der Waals surface area contributed by atoms with Gasteiger partial charge in [0.15, 0.2) is 0 Å². The van der Waals surface area contributed by atoms with Gasteiger partial charge in [-0.2, -0.15) is 0 Å². The van der Waals surface area contributed by atoms with Gasteiger partial charge < -0.3 is 9.30 Å². The van der Waals surface area contributed by atoms with Gasteiger partial charge in [-0.05, 0) is 70.8 Å². The zero-order chi connectivity index (χ0) is 29.6. The molecule has 0 aliphatic rings. The van der Waals surface area contributed by atoms with Gasteiger partial charge in [-0.15, -0.1) is 0 Å². The summed E-state index contributed by atoms with van der Waals surface area (Å²) in [6, 6.07) is 28.8. The van der Waals surface area contributed by atoms with Crippen LogP contribution in [0.15, 0.2) is 102 Å². The lowest BCUT2D eigenvalue weighted by Gasteiger charge is -2.07. The molecule has 0 bridgehead atoms. The molecule has 212 valence electrons. The molecule has 0 N–H and O–H groups in total. The molecule has 0 radical (unpaired) electrons. The summed E-state index contributed by atoms with van der Waals surface area (Å²) in [5.41, 5.74) is 6.18. The molecule has 5 rings (SSSR count). The second kappa shape index (κ2) is 13.3. The molecule has 0 saturated carbocycles. The van der Waals surface area contributed by atoms with E-state index in [-0.39, 0.29) is 5.97 Å². The van der Waals surface area contributed by atoms with Crippen molar-refractivity contribution in [2.75, 3.05) is 12.9 Å². The van der Waals surface area contributed by atoms with E-state index in [2.05, 4.69) is 24.3 Å². The Morgan fingerprint density at radius 2 is 1.57 bits per heavy atom. The molecule has 0 amide bonds. The number of benzene rings is 4. The molecule has 0 aliphatic heterocycles. The van der Waals surface area contributed by atoms with E-state index in [4.69, 9.17) is 32.9 Å². The molecular formula is C34H28Cl2N2O3S. The Bertz CT molecular complexity index is 1760. The van der Waals surface area contributed by atoms with Crippen molar-refractivity contribution in [1.29, 1.82) is 0 Å². The first-order valence-corrected chi connectivity index (χ1v) is 15.4. The van der Waals surface area contributed by atoms with Gasteiger partial charge in [0.1, 0.15) is 5.82 Å². The number of halogens is 2. The quantitative estimate of drug-likeness (QED) is 0.156. The van der Waals surface area contributed by atoms with E-state index in [1.165, 1.54) is 7.11 Å². The van der Waals surface area contributed by atoms with Gasteiger partial charge in [-0.3, -0.25) is 4.21 Å². The Hall–Kier alpha value is -3.97. The highest BCUT2D eigenvalue weighted by Gasteiger charge is 2.13. The Balaban J connectivity index is 1.41. The fourth-order valence-electron chi connectivity index (χ4n) is 4.50. The van der Waals surface area contributed by atoms with Crippen LogP contribution >= 0.6 is 23.2 Å². The molecule has 0 spiro atoms. The summed E-state index contributed by atoms with van der Waals surface area (Å²) in [5.74, 6) is 0.981. The number of nitrogens with zero attached hydrogens (tertiary/aromatic N) is 2. The van der Waals surface area contributed by atoms with Crippen LogP contribution < -0.4 is 0 Å². The number of rotatable bonds is 9. The minimum Gasteiger partial charge on any atom is -0.465 e. The number of carbonyl (C=O) groups is 1.